The molecule has 0 radical (unpaired) electrons. The fourth-order valence-electron chi connectivity index (χ4n) is 5.42. The molecule has 1 saturated carbocycles. The number of fused-ring (bicyclic) bond motifs is 1. The van der Waals surface area contributed by atoms with E-state index in [1.54, 1.807) is 0 Å². The van der Waals surface area contributed by atoms with Crippen LogP contribution in [0.5, 0.6) is 11.5 Å². The fraction of sp³-hybridized carbons (Fsp3) is 0.345. The first-order chi connectivity index (χ1) is 18.1. The number of hydrogen-bond acceptors (Lipinski definition) is 6. The summed E-state index contributed by atoms with van der Waals surface area (Å²) in [6.07, 6.45) is 6.02. The summed E-state index contributed by atoms with van der Waals surface area (Å²) >= 11 is 1.41. The predicted octanol–water partition coefficient (Wildman–Crippen LogP) is 6.43. The van der Waals surface area contributed by atoms with Crippen molar-refractivity contribution in [2.45, 2.75) is 57.0 Å². The van der Waals surface area contributed by atoms with Gasteiger partial charge in [-0.25, -0.2) is 9.67 Å². The molecule has 0 saturated heterocycles. The lowest BCUT2D eigenvalue weighted by atomic mass is 9.88. The lowest BCUT2D eigenvalue weighted by molar-refractivity contribution is 0.102. The second-order valence-corrected chi connectivity index (χ2v) is 10.6. The number of carbonyl (C=O) groups excluding carboxylic acids is 1. The van der Waals surface area contributed by atoms with Crippen LogP contribution in [0.25, 0.3) is 11.4 Å². The molecule has 1 aliphatic heterocycles. The van der Waals surface area contributed by atoms with Gasteiger partial charge < -0.3 is 14.0 Å². The number of benzene rings is 2. The number of ether oxygens (including phenoxy) is 2. The van der Waals surface area contributed by atoms with Gasteiger partial charge in [-0.1, -0.05) is 49.2 Å². The minimum absolute atomic E-state index is 0.0698. The molecular formula is C29H30N4O3S. The molecule has 2 aromatic carbocycles. The number of aromatic nitrogens is 4. The highest BCUT2D eigenvalue weighted by atomic mass is 32.2. The molecule has 0 spiro atoms. The normalized spacial score (nSPS) is 15.3. The molecule has 190 valence electrons. The number of para-hydroxylation sites is 1. The Balaban J connectivity index is 1.23. The average molecular weight is 515 g/mol. The highest BCUT2D eigenvalue weighted by Gasteiger charge is 2.25. The molecule has 2 aromatic heterocycles. The molecule has 4 aromatic rings. The number of ketones is 1. The quantitative estimate of drug-likeness (QED) is 0.209. The zero-order valence-electron chi connectivity index (χ0n) is 21.1. The van der Waals surface area contributed by atoms with Gasteiger partial charge in [0.2, 0.25) is 11.9 Å². The fourth-order valence-corrected chi connectivity index (χ4v) is 6.14. The molecule has 2 aliphatic rings. The van der Waals surface area contributed by atoms with Gasteiger partial charge in [0.15, 0.2) is 17.3 Å². The van der Waals surface area contributed by atoms with E-state index in [9.17, 15) is 4.79 Å². The number of aryl methyl sites for hydroxylation is 1. The van der Waals surface area contributed by atoms with Gasteiger partial charge >= 0.3 is 0 Å². The van der Waals surface area contributed by atoms with Crippen molar-refractivity contribution in [1.82, 2.24) is 19.3 Å². The lowest BCUT2D eigenvalue weighted by Crippen LogP contribution is -2.12. The first kappa shape index (κ1) is 23.9. The minimum Gasteiger partial charge on any atom is -0.454 e. The summed E-state index contributed by atoms with van der Waals surface area (Å²) in [5.74, 6) is 3.25. The third-order valence-corrected chi connectivity index (χ3v) is 8.10. The second kappa shape index (κ2) is 10.1. The van der Waals surface area contributed by atoms with E-state index in [2.05, 4.69) is 16.7 Å². The molecule has 0 amide bonds. The van der Waals surface area contributed by atoms with Gasteiger partial charge in [-0.15, -0.1) is 5.10 Å². The van der Waals surface area contributed by atoms with Crippen molar-refractivity contribution < 1.29 is 14.3 Å². The molecule has 1 aliphatic carbocycles. The first-order valence-corrected chi connectivity index (χ1v) is 13.8. The number of hydrogen-bond donors (Lipinski definition) is 0. The van der Waals surface area contributed by atoms with Gasteiger partial charge in [0.25, 0.3) is 0 Å². The van der Waals surface area contributed by atoms with E-state index in [4.69, 9.17) is 19.6 Å². The molecule has 37 heavy (non-hydrogen) atoms. The highest BCUT2D eigenvalue weighted by Crippen LogP contribution is 2.36. The van der Waals surface area contributed by atoms with Gasteiger partial charge in [-0.05, 0) is 57.0 Å². The van der Waals surface area contributed by atoms with E-state index in [0.29, 0.717) is 11.1 Å². The number of thioether (sulfide) groups is 1. The Morgan fingerprint density at radius 1 is 0.973 bits per heavy atom. The Hall–Kier alpha value is -3.52. The summed E-state index contributed by atoms with van der Waals surface area (Å²) in [7, 11) is 0. The molecule has 1 fully saturated rings. The van der Waals surface area contributed by atoms with Crippen LogP contribution in [0.3, 0.4) is 0 Å². The van der Waals surface area contributed by atoms with Crippen molar-refractivity contribution in [3.63, 3.8) is 0 Å². The van der Waals surface area contributed by atoms with E-state index in [1.165, 1.54) is 31.0 Å². The standard InChI is InChI=1S/C29H30N4O3S/c1-19-15-24(20(2)32(19)23-13-14-26-27(16-23)36-18-35-26)25(34)17-37-29-30-28(21-9-5-3-6-10-21)33(31-29)22-11-7-4-8-12-22/h4,7-8,11-16,21H,3,5-6,9-10,17-18H2,1-2H3. The summed E-state index contributed by atoms with van der Waals surface area (Å²) in [6.45, 7) is 4.24. The molecule has 0 atom stereocenters. The summed E-state index contributed by atoms with van der Waals surface area (Å²) < 4.78 is 15.1. The predicted molar refractivity (Wildman–Crippen MR) is 144 cm³/mol. The van der Waals surface area contributed by atoms with Crippen LogP contribution in [0.2, 0.25) is 0 Å². The highest BCUT2D eigenvalue weighted by molar-refractivity contribution is 7.99. The molecule has 3 heterocycles. The summed E-state index contributed by atoms with van der Waals surface area (Å²) in [4.78, 5) is 18.3. The van der Waals surface area contributed by atoms with Crippen LogP contribution in [0, 0.1) is 13.8 Å². The topological polar surface area (TPSA) is 71.2 Å². The van der Waals surface area contributed by atoms with Gasteiger partial charge in [0, 0.05) is 34.6 Å². The molecule has 0 N–H and O–H groups in total. The van der Waals surface area contributed by atoms with Crippen molar-refractivity contribution in [3.05, 3.63) is 77.4 Å². The monoisotopic (exact) mass is 514 g/mol. The Kier molecular flexibility index (Phi) is 6.50. The maximum Gasteiger partial charge on any atom is 0.231 e. The van der Waals surface area contributed by atoms with Crippen molar-refractivity contribution in [3.8, 4) is 22.9 Å². The smallest absolute Gasteiger partial charge is 0.231 e. The Labute approximate surface area is 220 Å². The molecule has 0 unspecified atom stereocenters. The van der Waals surface area contributed by atoms with Gasteiger partial charge in [-0.2, -0.15) is 0 Å². The van der Waals surface area contributed by atoms with E-state index >= 15 is 0 Å². The average Bonchev–Trinajstić information content (AvgIpc) is 3.65. The lowest BCUT2D eigenvalue weighted by Gasteiger charge is -2.21. The minimum atomic E-state index is 0.0698. The zero-order valence-corrected chi connectivity index (χ0v) is 22.0. The van der Waals surface area contributed by atoms with Crippen LogP contribution < -0.4 is 9.47 Å². The van der Waals surface area contributed by atoms with E-state index in [1.807, 2.05) is 61.0 Å². The van der Waals surface area contributed by atoms with Crippen LogP contribution in [-0.2, 0) is 0 Å². The maximum absolute atomic E-state index is 13.3. The Morgan fingerprint density at radius 3 is 2.57 bits per heavy atom. The van der Waals surface area contributed by atoms with Gasteiger partial charge in [0.1, 0.15) is 5.82 Å². The van der Waals surface area contributed by atoms with Gasteiger partial charge in [-0.3, -0.25) is 4.79 Å². The second-order valence-electron chi connectivity index (χ2n) is 9.70. The summed E-state index contributed by atoms with van der Waals surface area (Å²) in [5.41, 5.74) is 4.59. The van der Waals surface area contributed by atoms with Crippen LogP contribution in [0.1, 0.15) is 65.6 Å². The number of rotatable bonds is 7. The van der Waals surface area contributed by atoms with Crippen LogP contribution in [0.4, 0.5) is 0 Å². The van der Waals surface area contributed by atoms with Crippen LogP contribution in [-0.4, -0.2) is 37.7 Å². The molecule has 8 heteroatoms. The van der Waals surface area contributed by atoms with E-state index in [0.717, 1.165) is 58.5 Å². The Bertz CT molecular complexity index is 1440. The first-order valence-electron chi connectivity index (χ1n) is 12.9. The third kappa shape index (κ3) is 4.66. The Morgan fingerprint density at radius 2 is 1.76 bits per heavy atom. The number of Topliss-reactive ketones (excluding diaryl/α,β-unsaturated/α-hetero) is 1. The number of nitrogens with zero attached hydrogens (tertiary/aromatic N) is 4. The van der Waals surface area contributed by atoms with Crippen molar-refractivity contribution >= 4 is 17.5 Å². The molecule has 6 rings (SSSR count). The van der Waals surface area contributed by atoms with Crippen LogP contribution in [0.15, 0.2) is 59.8 Å². The van der Waals surface area contributed by atoms with E-state index < -0.39 is 0 Å². The zero-order chi connectivity index (χ0) is 25.4. The van der Waals surface area contributed by atoms with Crippen LogP contribution >= 0.6 is 11.8 Å². The largest absolute Gasteiger partial charge is 0.454 e. The third-order valence-electron chi connectivity index (χ3n) is 7.26. The molecule has 0 bridgehead atoms. The summed E-state index contributed by atoms with van der Waals surface area (Å²) in [5, 5.41) is 5.49. The number of carbonyl (C=O) groups is 1. The van der Waals surface area contributed by atoms with E-state index in [-0.39, 0.29) is 18.3 Å². The van der Waals surface area contributed by atoms with Crippen molar-refractivity contribution in [2.75, 3.05) is 12.5 Å². The molecule has 7 nitrogen and oxygen atoms in total. The SMILES string of the molecule is Cc1cc(C(=O)CSc2nc(C3CCCCC3)n(-c3ccccc3)n2)c(C)n1-c1ccc2c(c1)OCO2. The summed E-state index contributed by atoms with van der Waals surface area (Å²) in [6, 6.07) is 18.0. The maximum atomic E-state index is 13.3. The van der Waals surface area contributed by atoms with Gasteiger partial charge in [0.05, 0.1) is 11.4 Å². The molecular weight excluding hydrogens is 484 g/mol. The van der Waals surface area contributed by atoms with Crippen molar-refractivity contribution in [2.24, 2.45) is 0 Å². The van der Waals surface area contributed by atoms with Crippen molar-refractivity contribution in [1.29, 1.82) is 0 Å².